The highest BCUT2D eigenvalue weighted by molar-refractivity contribution is 7.92. The van der Waals surface area contributed by atoms with E-state index in [0.29, 0.717) is 17.7 Å². The Labute approximate surface area is 186 Å². The van der Waals surface area contributed by atoms with Crippen LogP contribution in [-0.2, 0) is 23.6 Å². The highest BCUT2D eigenvalue weighted by Gasteiger charge is 2.16. The van der Waals surface area contributed by atoms with Crippen LogP contribution in [0.2, 0.25) is 0 Å². The van der Waals surface area contributed by atoms with Crippen LogP contribution >= 0.6 is 0 Å². The number of H-pyrrole nitrogens is 1. The van der Waals surface area contributed by atoms with Gasteiger partial charge in [0.2, 0.25) is 10.0 Å². The minimum absolute atomic E-state index is 0.180. The summed E-state index contributed by atoms with van der Waals surface area (Å²) in [5, 5.41) is 1.57. The predicted molar refractivity (Wildman–Crippen MR) is 131 cm³/mol. The van der Waals surface area contributed by atoms with Crippen molar-refractivity contribution in [3.05, 3.63) is 90.2 Å². The van der Waals surface area contributed by atoms with Gasteiger partial charge in [0.25, 0.3) is 5.56 Å². The lowest BCUT2D eigenvalue weighted by Crippen LogP contribution is -2.10. The normalized spacial score (nSPS) is 12.4. The van der Waals surface area contributed by atoms with E-state index < -0.39 is 10.0 Å². The quantitative estimate of drug-likeness (QED) is 0.416. The molecule has 0 radical (unpaired) electrons. The zero-order valence-electron chi connectivity index (χ0n) is 17.9. The van der Waals surface area contributed by atoms with Crippen molar-refractivity contribution in [1.29, 1.82) is 0 Å². The molecule has 0 aliphatic carbocycles. The Morgan fingerprint density at radius 1 is 1.22 bits per heavy atom. The Morgan fingerprint density at radius 3 is 2.69 bits per heavy atom. The topological polar surface area (TPSA) is 88.9 Å². The summed E-state index contributed by atoms with van der Waals surface area (Å²) in [6.45, 7) is 8.16. The smallest absolute Gasteiger partial charge is 0.272 e. The molecule has 32 heavy (non-hydrogen) atoms. The first-order valence-corrected chi connectivity index (χ1v) is 11.8. The lowest BCUT2D eigenvalue weighted by molar-refractivity contribution is 0.607. The second-order valence-electron chi connectivity index (χ2n) is 7.68. The molecule has 7 nitrogen and oxygen atoms in total. The second-order valence-corrected chi connectivity index (χ2v) is 9.43. The SMILES string of the molecule is C=C/C=C(\C=C)Cn1ccc2c(NS(C)(=O)=O)cc(-c3cn(C)c4c(=O)[nH]ccc34)cc21. The number of anilines is 1. The molecule has 0 atom stereocenters. The summed E-state index contributed by atoms with van der Waals surface area (Å²) in [7, 11) is -1.69. The molecule has 0 saturated carbocycles. The molecule has 1 aromatic carbocycles. The number of rotatable bonds is 7. The molecular formula is C24H24N4O3S. The van der Waals surface area contributed by atoms with E-state index in [1.807, 2.05) is 48.3 Å². The summed E-state index contributed by atoms with van der Waals surface area (Å²) in [6, 6.07) is 7.54. The van der Waals surface area contributed by atoms with Gasteiger partial charge in [0.1, 0.15) is 5.52 Å². The molecule has 4 rings (SSSR count). The first kappa shape index (κ1) is 21.5. The molecule has 0 amide bonds. The fraction of sp³-hybridized carbons (Fsp3) is 0.125. The van der Waals surface area contributed by atoms with E-state index in [2.05, 4.69) is 22.9 Å². The highest BCUT2D eigenvalue weighted by Crippen LogP contribution is 2.36. The van der Waals surface area contributed by atoms with Crippen molar-refractivity contribution in [3.8, 4) is 11.1 Å². The third kappa shape index (κ3) is 3.92. The summed E-state index contributed by atoms with van der Waals surface area (Å²) in [4.78, 5) is 15.0. The summed E-state index contributed by atoms with van der Waals surface area (Å²) >= 11 is 0. The van der Waals surface area contributed by atoms with Crippen molar-refractivity contribution in [3.63, 3.8) is 0 Å². The molecule has 164 valence electrons. The number of benzene rings is 1. The van der Waals surface area contributed by atoms with Crippen molar-refractivity contribution in [2.45, 2.75) is 6.54 Å². The number of aromatic amines is 1. The van der Waals surface area contributed by atoms with Crippen LogP contribution in [0.5, 0.6) is 0 Å². The Hall–Kier alpha value is -3.78. The molecule has 0 fully saturated rings. The van der Waals surface area contributed by atoms with Crippen LogP contribution in [0, 0.1) is 0 Å². The Bertz CT molecular complexity index is 1570. The van der Waals surface area contributed by atoms with Crippen molar-refractivity contribution in [2.75, 3.05) is 11.0 Å². The molecule has 8 heteroatoms. The predicted octanol–water partition coefficient (Wildman–Crippen LogP) is 4.16. The van der Waals surface area contributed by atoms with Gasteiger partial charge in [0, 0.05) is 48.5 Å². The van der Waals surface area contributed by atoms with Gasteiger partial charge < -0.3 is 14.1 Å². The maximum Gasteiger partial charge on any atom is 0.272 e. The third-order valence-electron chi connectivity index (χ3n) is 5.34. The van der Waals surface area contributed by atoms with E-state index in [4.69, 9.17) is 0 Å². The molecule has 0 unspecified atom stereocenters. The number of fused-ring (bicyclic) bond motifs is 2. The van der Waals surface area contributed by atoms with Crippen LogP contribution < -0.4 is 10.3 Å². The van der Waals surface area contributed by atoms with Gasteiger partial charge in [-0.3, -0.25) is 9.52 Å². The number of hydrogen-bond donors (Lipinski definition) is 2. The molecule has 2 N–H and O–H groups in total. The number of nitrogens with one attached hydrogen (secondary N) is 2. The second kappa shape index (κ2) is 8.05. The number of pyridine rings is 1. The molecular weight excluding hydrogens is 424 g/mol. The fourth-order valence-electron chi connectivity index (χ4n) is 4.00. The van der Waals surface area contributed by atoms with Crippen LogP contribution in [0.3, 0.4) is 0 Å². The monoisotopic (exact) mass is 448 g/mol. The number of nitrogens with zero attached hydrogens (tertiary/aromatic N) is 2. The maximum absolute atomic E-state index is 12.3. The van der Waals surface area contributed by atoms with Crippen molar-refractivity contribution in [1.82, 2.24) is 14.1 Å². The molecule has 0 spiro atoms. The summed E-state index contributed by atoms with van der Waals surface area (Å²) < 4.78 is 30.6. The Morgan fingerprint density at radius 2 is 2.00 bits per heavy atom. The number of allylic oxidation sites excluding steroid dienone is 4. The van der Waals surface area contributed by atoms with Crippen LogP contribution in [-0.4, -0.2) is 28.8 Å². The van der Waals surface area contributed by atoms with E-state index in [-0.39, 0.29) is 5.56 Å². The fourth-order valence-corrected chi connectivity index (χ4v) is 4.57. The van der Waals surface area contributed by atoms with Gasteiger partial charge in [-0.15, -0.1) is 0 Å². The van der Waals surface area contributed by atoms with Crippen molar-refractivity contribution >= 4 is 37.5 Å². The van der Waals surface area contributed by atoms with Gasteiger partial charge in [0.05, 0.1) is 17.5 Å². The largest absolute Gasteiger partial charge is 0.345 e. The van der Waals surface area contributed by atoms with Gasteiger partial charge in [0.15, 0.2) is 0 Å². The molecule has 0 saturated heterocycles. The number of aromatic nitrogens is 3. The van der Waals surface area contributed by atoms with E-state index in [0.717, 1.165) is 39.2 Å². The number of sulfonamides is 1. The standard InChI is InChI=1S/C24H24N4O3S/c1-5-7-16(6-2)14-28-11-9-19-21(26-32(4,30)31)12-17(13-22(19)28)20-15-27(3)23-18(20)8-10-25-24(23)29/h5-13,15,26H,1-2,14H2,3-4H3,(H,25,29)/b16-7+. The number of aryl methyl sites for hydroxylation is 1. The summed E-state index contributed by atoms with van der Waals surface area (Å²) in [5.74, 6) is 0. The lowest BCUT2D eigenvalue weighted by Gasteiger charge is -2.12. The van der Waals surface area contributed by atoms with Gasteiger partial charge in [-0.05, 0) is 35.4 Å². The Kier molecular flexibility index (Phi) is 5.40. The molecule has 3 heterocycles. The van der Waals surface area contributed by atoms with E-state index in [1.54, 1.807) is 29.0 Å². The average molecular weight is 449 g/mol. The first-order chi connectivity index (χ1) is 15.2. The van der Waals surface area contributed by atoms with Crippen LogP contribution in [0.4, 0.5) is 5.69 Å². The van der Waals surface area contributed by atoms with Gasteiger partial charge in [-0.2, -0.15) is 0 Å². The summed E-state index contributed by atoms with van der Waals surface area (Å²) in [5.41, 5.74) is 4.31. The van der Waals surface area contributed by atoms with Crippen molar-refractivity contribution < 1.29 is 8.42 Å². The first-order valence-electron chi connectivity index (χ1n) is 9.93. The third-order valence-corrected chi connectivity index (χ3v) is 5.93. The average Bonchev–Trinajstić information content (AvgIpc) is 3.28. The number of hydrogen-bond acceptors (Lipinski definition) is 3. The molecule has 4 aromatic rings. The van der Waals surface area contributed by atoms with Gasteiger partial charge in [-0.25, -0.2) is 8.42 Å². The lowest BCUT2D eigenvalue weighted by atomic mass is 10.0. The zero-order chi connectivity index (χ0) is 23.0. The van der Waals surface area contributed by atoms with Crippen LogP contribution in [0.15, 0.2) is 84.6 Å². The molecule has 3 aromatic heterocycles. The Balaban J connectivity index is 2.00. The molecule has 0 aliphatic rings. The minimum Gasteiger partial charge on any atom is -0.345 e. The van der Waals surface area contributed by atoms with Crippen LogP contribution in [0.1, 0.15) is 0 Å². The maximum atomic E-state index is 12.3. The van der Waals surface area contributed by atoms with E-state index in [1.165, 1.54) is 0 Å². The molecule has 0 aliphatic heterocycles. The zero-order valence-corrected chi connectivity index (χ0v) is 18.7. The molecule has 0 bridgehead atoms. The highest BCUT2D eigenvalue weighted by atomic mass is 32.2. The van der Waals surface area contributed by atoms with E-state index >= 15 is 0 Å². The minimum atomic E-state index is -3.50. The van der Waals surface area contributed by atoms with Crippen molar-refractivity contribution in [2.24, 2.45) is 7.05 Å². The van der Waals surface area contributed by atoms with E-state index in [9.17, 15) is 13.2 Å². The van der Waals surface area contributed by atoms with Crippen LogP contribution in [0.25, 0.3) is 32.9 Å². The summed E-state index contributed by atoms with van der Waals surface area (Å²) in [6.07, 6.45) is 11.9. The van der Waals surface area contributed by atoms with Gasteiger partial charge >= 0.3 is 0 Å². The van der Waals surface area contributed by atoms with Gasteiger partial charge in [-0.1, -0.05) is 31.4 Å².